The highest BCUT2D eigenvalue weighted by molar-refractivity contribution is 7.89. The molecule has 0 aromatic heterocycles. The van der Waals surface area contributed by atoms with Crippen LogP contribution >= 0.6 is 0 Å². The molecule has 9 heteroatoms. The third-order valence-corrected chi connectivity index (χ3v) is 6.20. The van der Waals surface area contributed by atoms with Gasteiger partial charge in [-0.25, -0.2) is 12.7 Å². The maximum Gasteiger partial charge on any atom is 0.251 e. The summed E-state index contributed by atoms with van der Waals surface area (Å²) in [6.45, 7) is 0.465. The van der Waals surface area contributed by atoms with Gasteiger partial charge in [0.2, 0.25) is 16.8 Å². The number of benzene rings is 2. The Morgan fingerprint density at radius 1 is 1.04 bits per heavy atom. The van der Waals surface area contributed by atoms with Gasteiger partial charge in [-0.1, -0.05) is 6.07 Å². The number of nitrogens with one attached hydrogen (secondary N) is 1. The molecular formula is C19H23N3O5S. The number of carbonyl (C=O) groups excluding carboxylic acids is 1. The van der Waals surface area contributed by atoms with Gasteiger partial charge >= 0.3 is 0 Å². The molecule has 1 aliphatic heterocycles. The molecule has 2 aromatic rings. The van der Waals surface area contributed by atoms with Crippen molar-refractivity contribution >= 4 is 21.6 Å². The highest BCUT2D eigenvalue weighted by atomic mass is 32.2. The number of hydrogen-bond donors (Lipinski definition) is 1. The minimum Gasteiger partial charge on any atom is -0.454 e. The Morgan fingerprint density at radius 2 is 1.75 bits per heavy atom. The van der Waals surface area contributed by atoms with Crippen molar-refractivity contribution in [1.29, 1.82) is 0 Å². The SMILES string of the molecule is CN(C)c1ccc(C(=O)NCc2ccc3c(c2)OCO3)cc1S(=O)(=O)N(C)C. The molecule has 28 heavy (non-hydrogen) atoms. The molecule has 1 N–H and O–H groups in total. The van der Waals surface area contributed by atoms with Crippen molar-refractivity contribution in [3.05, 3.63) is 47.5 Å². The lowest BCUT2D eigenvalue weighted by Crippen LogP contribution is -2.27. The van der Waals surface area contributed by atoms with Crippen LogP contribution in [0.3, 0.4) is 0 Å². The number of ether oxygens (including phenoxy) is 2. The molecular weight excluding hydrogens is 382 g/mol. The van der Waals surface area contributed by atoms with Crippen molar-refractivity contribution in [2.45, 2.75) is 11.4 Å². The fourth-order valence-corrected chi connectivity index (χ4v) is 3.95. The van der Waals surface area contributed by atoms with Gasteiger partial charge in [-0.05, 0) is 35.9 Å². The van der Waals surface area contributed by atoms with Crippen LogP contribution in [0.1, 0.15) is 15.9 Å². The second-order valence-corrected chi connectivity index (χ2v) is 8.85. The van der Waals surface area contributed by atoms with Gasteiger partial charge in [-0.15, -0.1) is 0 Å². The number of fused-ring (bicyclic) bond motifs is 1. The van der Waals surface area contributed by atoms with Gasteiger partial charge in [-0.3, -0.25) is 4.79 Å². The van der Waals surface area contributed by atoms with Gasteiger partial charge in [0, 0.05) is 40.3 Å². The molecule has 0 bridgehead atoms. The highest BCUT2D eigenvalue weighted by Gasteiger charge is 2.24. The van der Waals surface area contributed by atoms with E-state index in [1.54, 1.807) is 43.3 Å². The summed E-state index contributed by atoms with van der Waals surface area (Å²) in [5, 5.41) is 2.81. The van der Waals surface area contributed by atoms with E-state index in [1.807, 2.05) is 6.07 Å². The maximum atomic E-state index is 12.7. The maximum absolute atomic E-state index is 12.7. The van der Waals surface area contributed by atoms with E-state index in [4.69, 9.17) is 9.47 Å². The molecule has 0 unspecified atom stereocenters. The zero-order valence-corrected chi connectivity index (χ0v) is 17.0. The van der Waals surface area contributed by atoms with Crippen LogP contribution in [-0.2, 0) is 16.6 Å². The highest BCUT2D eigenvalue weighted by Crippen LogP contribution is 2.32. The molecule has 1 aliphatic rings. The van der Waals surface area contributed by atoms with Gasteiger partial charge in [-0.2, -0.15) is 0 Å². The number of amides is 1. The van der Waals surface area contributed by atoms with E-state index in [-0.39, 0.29) is 29.7 Å². The fourth-order valence-electron chi connectivity index (χ4n) is 2.76. The molecule has 3 rings (SSSR count). The van der Waals surface area contributed by atoms with Crippen molar-refractivity contribution in [2.75, 3.05) is 39.9 Å². The fraction of sp³-hybridized carbons (Fsp3) is 0.316. The topological polar surface area (TPSA) is 88.2 Å². The minimum absolute atomic E-state index is 0.0817. The summed E-state index contributed by atoms with van der Waals surface area (Å²) < 4.78 is 37.1. The van der Waals surface area contributed by atoms with E-state index in [9.17, 15) is 13.2 Å². The molecule has 0 radical (unpaired) electrons. The van der Waals surface area contributed by atoms with Gasteiger partial charge < -0.3 is 19.7 Å². The first-order valence-electron chi connectivity index (χ1n) is 8.61. The number of nitrogens with zero attached hydrogens (tertiary/aromatic N) is 2. The van der Waals surface area contributed by atoms with Crippen molar-refractivity contribution in [1.82, 2.24) is 9.62 Å². The van der Waals surface area contributed by atoms with E-state index in [0.717, 1.165) is 9.87 Å². The largest absolute Gasteiger partial charge is 0.454 e. The van der Waals surface area contributed by atoms with E-state index < -0.39 is 10.0 Å². The lowest BCUT2D eigenvalue weighted by molar-refractivity contribution is 0.0950. The quantitative estimate of drug-likeness (QED) is 0.787. The molecule has 0 saturated heterocycles. The Balaban J connectivity index is 1.82. The van der Waals surface area contributed by atoms with Crippen LogP contribution in [0, 0.1) is 0 Å². The van der Waals surface area contributed by atoms with Crippen LogP contribution in [0.15, 0.2) is 41.3 Å². The Labute approximate surface area is 164 Å². The molecule has 8 nitrogen and oxygen atoms in total. The second-order valence-electron chi connectivity index (χ2n) is 6.73. The zero-order chi connectivity index (χ0) is 20.5. The minimum atomic E-state index is -3.70. The van der Waals surface area contributed by atoms with Crippen LogP contribution in [0.25, 0.3) is 0 Å². The Bertz CT molecular complexity index is 1000. The van der Waals surface area contributed by atoms with Crippen LogP contribution < -0.4 is 19.7 Å². The molecule has 0 atom stereocenters. The van der Waals surface area contributed by atoms with Crippen molar-refractivity contribution in [2.24, 2.45) is 0 Å². The summed E-state index contributed by atoms with van der Waals surface area (Å²) in [5.41, 5.74) is 1.64. The van der Waals surface area contributed by atoms with Crippen molar-refractivity contribution in [3.8, 4) is 11.5 Å². The van der Waals surface area contributed by atoms with Crippen LogP contribution in [0.5, 0.6) is 11.5 Å². The molecule has 0 fully saturated rings. The van der Waals surface area contributed by atoms with E-state index in [2.05, 4.69) is 5.32 Å². The standard InChI is InChI=1S/C19H23N3O5S/c1-21(2)15-7-6-14(10-18(15)28(24,25)22(3)4)19(23)20-11-13-5-8-16-17(9-13)27-12-26-16/h5-10H,11-12H2,1-4H3,(H,20,23). The van der Waals surface area contributed by atoms with Gasteiger partial charge in [0.25, 0.3) is 5.91 Å². The summed E-state index contributed by atoms with van der Waals surface area (Å²) in [5.74, 6) is 0.951. The number of rotatable bonds is 6. The summed E-state index contributed by atoms with van der Waals surface area (Å²) in [4.78, 5) is 14.4. The molecule has 0 aliphatic carbocycles. The summed E-state index contributed by atoms with van der Waals surface area (Å²) in [7, 11) is 2.72. The normalized spacial score (nSPS) is 12.9. The van der Waals surface area contributed by atoms with E-state index in [1.165, 1.54) is 20.2 Å². The van der Waals surface area contributed by atoms with E-state index in [0.29, 0.717) is 17.2 Å². The molecule has 0 saturated carbocycles. The van der Waals surface area contributed by atoms with Crippen LogP contribution in [-0.4, -0.2) is 53.6 Å². The second kappa shape index (κ2) is 7.69. The summed E-state index contributed by atoms with van der Waals surface area (Å²) in [6, 6.07) is 10.1. The first-order valence-corrected chi connectivity index (χ1v) is 10.0. The molecule has 1 amide bonds. The lowest BCUT2D eigenvalue weighted by atomic mass is 10.1. The first-order chi connectivity index (χ1) is 13.2. The molecule has 0 spiro atoms. The van der Waals surface area contributed by atoms with Gasteiger partial charge in [0.1, 0.15) is 4.90 Å². The van der Waals surface area contributed by atoms with Crippen molar-refractivity contribution < 1.29 is 22.7 Å². The Morgan fingerprint density at radius 3 is 2.43 bits per heavy atom. The Kier molecular flexibility index (Phi) is 5.48. The van der Waals surface area contributed by atoms with Crippen LogP contribution in [0.2, 0.25) is 0 Å². The third-order valence-electron chi connectivity index (χ3n) is 4.35. The smallest absolute Gasteiger partial charge is 0.251 e. The average Bonchev–Trinajstić information content (AvgIpc) is 3.13. The first kappa shape index (κ1) is 20.0. The third kappa shape index (κ3) is 3.90. The molecule has 150 valence electrons. The molecule has 2 aromatic carbocycles. The summed E-state index contributed by atoms with van der Waals surface area (Å²) >= 11 is 0. The Hall–Kier alpha value is -2.78. The predicted octanol–water partition coefficient (Wildman–Crippen LogP) is 1.66. The number of anilines is 1. The lowest BCUT2D eigenvalue weighted by Gasteiger charge is -2.20. The number of hydrogen-bond acceptors (Lipinski definition) is 6. The summed E-state index contributed by atoms with van der Waals surface area (Å²) in [6.07, 6.45) is 0. The molecule has 1 heterocycles. The average molecular weight is 405 g/mol. The van der Waals surface area contributed by atoms with Gasteiger partial charge in [0.15, 0.2) is 11.5 Å². The number of carbonyl (C=O) groups is 1. The van der Waals surface area contributed by atoms with Crippen LogP contribution in [0.4, 0.5) is 5.69 Å². The van der Waals surface area contributed by atoms with E-state index >= 15 is 0 Å². The monoisotopic (exact) mass is 405 g/mol. The van der Waals surface area contributed by atoms with Gasteiger partial charge in [0.05, 0.1) is 5.69 Å². The predicted molar refractivity (Wildman–Crippen MR) is 105 cm³/mol. The zero-order valence-electron chi connectivity index (χ0n) is 16.2. The number of sulfonamides is 1. The van der Waals surface area contributed by atoms with Crippen molar-refractivity contribution in [3.63, 3.8) is 0 Å².